The van der Waals surface area contributed by atoms with Crippen LogP contribution in [0.25, 0.3) is 11.3 Å². The number of hydrogen-bond donors (Lipinski definition) is 1. The van der Waals surface area contributed by atoms with E-state index in [1.807, 2.05) is 72.8 Å². The first-order chi connectivity index (χ1) is 17.4. The highest BCUT2D eigenvalue weighted by atomic mass is 32.2. The largest absolute Gasteiger partial charge is 0.482 e. The van der Waals surface area contributed by atoms with Gasteiger partial charge in [-0.1, -0.05) is 60.7 Å². The SMILES string of the molecule is O=C(O)COc1ccc2c(c1)CCc1sc(S(=O)(=O)CCC(c3ccccc3)c3ccccc3)nc1-2. The average molecular weight is 520 g/mol. The van der Waals surface area contributed by atoms with Crippen molar-refractivity contribution in [1.82, 2.24) is 4.98 Å². The highest BCUT2D eigenvalue weighted by Crippen LogP contribution is 2.39. The van der Waals surface area contributed by atoms with E-state index in [4.69, 9.17) is 9.84 Å². The van der Waals surface area contributed by atoms with E-state index < -0.39 is 22.4 Å². The zero-order valence-electron chi connectivity index (χ0n) is 19.5. The number of carboxylic acid groups (broad SMARTS) is 1. The molecule has 5 rings (SSSR count). The van der Waals surface area contributed by atoms with Crippen LogP contribution < -0.4 is 4.74 Å². The first kappa shape index (κ1) is 24.2. The lowest BCUT2D eigenvalue weighted by molar-refractivity contribution is -0.139. The van der Waals surface area contributed by atoms with Crippen LogP contribution in [0.4, 0.5) is 0 Å². The smallest absolute Gasteiger partial charge is 0.341 e. The highest BCUT2D eigenvalue weighted by Gasteiger charge is 2.28. The maximum Gasteiger partial charge on any atom is 0.341 e. The second kappa shape index (κ2) is 10.2. The van der Waals surface area contributed by atoms with Crippen LogP contribution in [0.5, 0.6) is 5.75 Å². The number of carboxylic acids is 1. The number of aliphatic carboxylic acids is 1. The molecule has 0 radical (unpaired) electrons. The van der Waals surface area contributed by atoms with Crippen molar-refractivity contribution >= 4 is 27.1 Å². The standard InChI is InChI=1S/C28H25NO5S2/c30-26(31)18-34-22-12-13-24-21(17-22)11-14-25-27(24)29-28(35-25)36(32,33)16-15-23(19-7-3-1-4-8-19)20-9-5-2-6-10-20/h1-10,12-13,17,23H,11,14-16,18H2,(H,30,31). The van der Waals surface area contributed by atoms with Gasteiger partial charge in [-0.15, -0.1) is 11.3 Å². The zero-order valence-corrected chi connectivity index (χ0v) is 21.1. The fourth-order valence-corrected chi connectivity index (χ4v) is 7.41. The molecule has 6 nitrogen and oxygen atoms in total. The lowest BCUT2D eigenvalue weighted by Crippen LogP contribution is -2.12. The third-order valence-corrected chi connectivity index (χ3v) is 9.66. The van der Waals surface area contributed by atoms with E-state index in [2.05, 4.69) is 4.98 Å². The highest BCUT2D eigenvalue weighted by molar-refractivity contribution is 7.93. The number of nitrogens with zero attached hydrogens (tertiary/aromatic N) is 1. The topological polar surface area (TPSA) is 93.6 Å². The number of benzene rings is 3. The Morgan fingerprint density at radius 2 is 1.64 bits per heavy atom. The molecule has 36 heavy (non-hydrogen) atoms. The van der Waals surface area contributed by atoms with Gasteiger partial charge in [0.2, 0.25) is 14.2 Å². The molecule has 1 aliphatic carbocycles. The summed E-state index contributed by atoms with van der Waals surface area (Å²) in [6.45, 7) is -0.407. The third-order valence-electron chi connectivity index (χ3n) is 6.34. The van der Waals surface area contributed by atoms with Crippen LogP contribution in [0.15, 0.2) is 83.2 Å². The van der Waals surface area contributed by atoms with E-state index in [1.54, 1.807) is 6.07 Å². The summed E-state index contributed by atoms with van der Waals surface area (Å²) < 4.78 is 32.3. The fourth-order valence-electron chi connectivity index (χ4n) is 4.59. The van der Waals surface area contributed by atoms with Gasteiger partial charge in [-0.05, 0) is 54.2 Å². The molecule has 0 saturated heterocycles. The van der Waals surface area contributed by atoms with Crippen LogP contribution in [0.1, 0.15) is 33.9 Å². The quantitative estimate of drug-likeness (QED) is 0.320. The summed E-state index contributed by atoms with van der Waals surface area (Å²) in [7, 11) is -3.58. The molecule has 1 heterocycles. The molecule has 0 bridgehead atoms. The first-order valence-corrected chi connectivity index (χ1v) is 14.2. The molecule has 0 atom stereocenters. The summed E-state index contributed by atoms with van der Waals surface area (Å²) in [5, 5.41) is 8.84. The van der Waals surface area contributed by atoms with Crippen LogP contribution in [0, 0.1) is 0 Å². The third kappa shape index (κ3) is 5.20. The van der Waals surface area contributed by atoms with Crippen molar-refractivity contribution in [1.29, 1.82) is 0 Å². The molecule has 0 spiro atoms. The summed E-state index contributed by atoms with van der Waals surface area (Å²) in [6.07, 6.45) is 1.87. The lowest BCUT2D eigenvalue weighted by atomic mass is 9.89. The molecule has 0 fully saturated rings. The number of thiazole rings is 1. The number of aromatic nitrogens is 1. The first-order valence-electron chi connectivity index (χ1n) is 11.7. The zero-order chi connectivity index (χ0) is 25.1. The Bertz CT molecular complexity index is 1440. The predicted molar refractivity (Wildman–Crippen MR) is 139 cm³/mol. The molecule has 0 saturated carbocycles. The van der Waals surface area contributed by atoms with Gasteiger partial charge in [0.25, 0.3) is 0 Å². The maximum atomic E-state index is 13.4. The monoisotopic (exact) mass is 519 g/mol. The Morgan fingerprint density at radius 3 is 2.28 bits per heavy atom. The molecule has 1 aromatic heterocycles. The molecule has 1 aliphatic rings. The molecular weight excluding hydrogens is 494 g/mol. The molecule has 8 heteroatoms. The number of ether oxygens (including phenoxy) is 1. The second-order valence-corrected chi connectivity index (χ2v) is 12.1. The Labute approximate surface area is 214 Å². The van der Waals surface area contributed by atoms with Crippen LogP contribution in [0.2, 0.25) is 0 Å². The van der Waals surface area contributed by atoms with Gasteiger partial charge in [0.1, 0.15) is 5.75 Å². The number of carbonyl (C=O) groups is 1. The van der Waals surface area contributed by atoms with Crippen molar-refractivity contribution in [2.24, 2.45) is 0 Å². The number of aryl methyl sites for hydroxylation is 2. The van der Waals surface area contributed by atoms with E-state index in [0.29, 0.717) is 24.3 Å². The van der Waals surface area contributed by atoms with Crippen molar-refractivity contribution < 1.29 is 23.1 Å². The molecule has 0 amide bonds. The van der Waals surface area contributed by atoms with E-state index in [9.17, 15) is 13.2 Å². The van der Waals surface area contributed by atoms with E-state index in [-0.39, 0.29) is 16.0 Å². The second-order valence-electron chi connectivity index (χ2n) is 8.73. The average Bonchev–Trinajstić information content (AvgIpc) is 3.35. The maximum absolute atomic E-state index is 13.4. The van der Waals surface area contributed by atoms with Gasteiger partial charge in [-0.25, -0.2) is 18.2 Å². The van der Waals surface area contributed by atoms with Gasteiger partial charge in [-0.3, -0.25) is 0 Å². The number of fused-ring (bicyclic) bond motifs is 3. The molecule has 3 aromatic carbocycles. The fraction of sp³-hybridized carbons (Fsp3) is 0.214. The minimum Gasteiger partial charge on any atom is -0.482 e. The van der Waals surface area contributed by atoms with Gasteiger partial charge in [0.15, 0.2) is 6.61 Å². The van der Waals surface area contributed by atoms with Gasteiger partial charge in [0.05, 0.1) is 11.4 Å². The molecule has 0 aliphatic heterocycles. The Balaban J connectivity index is 1.38. The van der Waals surface area contributed by atoms with Gasteiger partial charge in [0, 0.05) is 16.4 Å². The van der Waals surface area contributed by atoms with Crippen LogP contribution in [0.3, 0.4) is 0 Å². The molecular formula is C28H25NO5S2. The van der Waals surface area contributed by atoms with Crippen LogP contribution in [-0.2, 0) is 27.5 Å². The minimum absolute atomic E-state index is 0.00265. The Morgan fingerprint density at radius 1 is 0.972 bits per heavy atom. The number of hydrogen-bond acceptors (Lipinski definition) is 6. The Hall–Kier alpha value is -3.49. The van der Waals surface area contributed by atoms with Crippen molar-refractivity contribution in [2.45, 2.75) is 29.5 Å². The van der Waals surface area contributed by atoms with Gasteiger partial charge in [-0.2, -0.15) is 0 Å². The summed E-state index contributed by atoms with van der Waals surface area (Å²) >= 11 is 1.26. The summed E-state index contributed by atoms with van der Waals surface area (Å²) in [4.78, 5) is 16.3. The Kier molecular flexibility index (Phi) is 6.89. The van der Waals surface area contributed by atoms with Crippen LogP contribution >= 0.6 is 11.3 Å². The summed E-state index contributed by atoms with van der Waals surface area (Å²) in [5.41, 5.74) is 4.74. The summed E-state index contributed by atoms with van der Waals surface area (Å²) in [6, 6.07) is 25.3. The molecule has 4 aromatic rings. The van der Waals surface area contributed by atoms with E-state index >= 15 is 0 Å². The molecule has 1 N–H and O–H groups in total. The van der Waals surface area contributed by atoms with Crippen molar-refractivity contribution in [2.75, 3.05) is 12.4 Å². The van der Waals surface area contributed by atoms with E-state index in [0.717, 1.165) is 33.6 Å². The summed E-state index contributed by atoms with van der Waals surface area (Å²) in [5.74, 6) is -0.578. The lowest BCUT2D eigenvalue weighted by Gasteiger charge is -2.17. The van der Waals surface area contributed by atoms with Crippen molar-refractivity contribution in [3.8, 4) is 17.0 Å². The van der Waals surface area contributed by atoms with E-state index in [1.165, 1.54) is 11.3 Å². The van der Waals surface area contributed by atoms with Crippen molar-refractivity contribution in [3.63, 3.8) is 0 Å². The number of sulfone groups is 1. The van der Waals surface area contributed by atoms with Gasteiger partial charge >= 0.3 is 5.97 Å². The number of rotatable bonds is 9. The van der Waals surface area contributed by atoms with Crippen LogP contribution in [-0.4, -0.2) is 36.8 Å². The predicted octanol–water partition coefficient (Wildman–Crippen LogP) is 5.37. The molecule has 184 valence electrons. The normalized spacial score (nSPS) is 12.7. The van der Waals surface area contributed by atoms with Crippen molar-refractivity contribution in [3.05, 3.63) is 100 Å². The minimum atomic E-state index is -3.58. The molecule has 0 unspecified atom stereocenters. The van der Waals surface area contributed by atoms with Gasteiger partial charge < -0.3 is 9.84 Å².